The topological polar surface area (TPSA) is 74.8 Å². The van der Waals surface area contributed by atoms with Crippen LogP contribution in [0, 0.1) is 0 Å². The fourth-order valence-electron chi connectivity index (χ4n) is 2.46. The minimum absolute atomic E-state index is 0.0803. The van der Waals surface area contributed by atoms with Crippen LogP contribution < -0.4 is 16.0 Å². The fraction of sp³-hybridized carbons (Fsp3) is 0.333. The predicted octanol–water partition coefficient (Wildman–Crippen LogP) is 1.04. The first-order chi connectivity index (χ1) is 11.6. The number of hydrogen-bond donors (Lipinski definition) is 3. The van der Waals surface area contributed by atoms with E-state index in [1.807, 2.05) is 41.9 Å². The molecule has 24 heavy (non-hydrogen) atoms. The van der Waals surface area contributed by atoms with Crippen LogP contribution in [0.15, 0.2) is 47.8 Å². The monoisotopic (exact) mass is 346 g/mol. The van der Waals surface area contributed by atoms with Crippen LogP contribution >= 0.6 is 11.3 Å². The highest BCUT2D eigenvalue weighted by atomic mass is 32.1. The minimum atomic E-state index is -0.525. The highest BCUT2D eigenvalue weighted by Crippen LogP contribution is 2.22. The number of rotatable bonds is 8. The number of amides is 2. The van der Waals surface area contributed by atoms with E-state index >= 15 is 0 Å². The summed E-state index contributed by atoms with van der Waals surface area (Å²) in [5.41, 5.74) is 1.16. The van der Waals surface area contributed by atoms with E-state index in [-0.39, 0.29) is 24.4 Å². The molecule has 0 fully saturated rings. The molecule has 0 bridgehead atoms. The molecule has 4 N–H and O–H groups in total. The molecular formula is C18H24N3O2S+. The highest BCUT2D eigenvalue weighted by Gasteiger charge is 2.21. The molecule has 2 aromatic rings. The number of thiophene rings is 1. The molecule has 0 unspecified atom stereocenters. The smallest absolute Gasteiger partial charge is 0.275 e. The van der Waals surface area contributed by atoms with Gasteiger partial charge in [-0.1, -0.05) is 36.4 Å². The summed E-state index contributed by atoms with van der Waals surface area (Å²) in [5.74, 6) is -0.310. The lowest BCUT2D eigenvalue weighted by Crippen LogP contribution is -2.87. The van der Waals surface area contributed by atoms with Gasteiger partial charge < -0.3 is 16.0 Å². The first-order valence-corrected chi connectivity index (χ1v) is 8.98. The van der Waals surface area contributed by atoms with E-state index in [0.29, 0.717) is 6.54 Å². The Morgan fingerprint density at radius 1 is 1.17 bits per heavy atom. The summed E-state index contributed by atoms with van der Waals surface area (Å²) < 4.78 is 0. The van der Waals surface area contributed by atoms with Crippen LogP contribution in [0.3, 0.4) is 0 Å². The number of nitrogens with one attached hydrogen (secondary N) is 2. The predicted molar refractivity (Wildman–Crippen MR) is 95.7 cm³/mol. The average Bonchev–Trinajstić information content (AvgIpc) is 3.10. The molecule has 0 saturated carbocycles. The number of quaternary nitrogens is 1. The highest BCUT2D eigenvalue weighted by molar-refractivity contribution is 7.10. The molecule has 1 aromatic heterocycles. The Labute approximate surface area is 146 Å². The maximum Gasteiger partial charge on any atom is 0.275 e. The number of benzene rings is 1. The van der Waals surface area contributed by atoms with Crippen molar-refractivity contribution in [3.05, 3.63) is 58.3 Å². The van der Waals surface area contributed by atoms with E-state index in [1.165, 1.54) is 4.88 Å². The summed E-state index contributed by atoms with van der Waals surface area (Å²) in [7, 11) is 0. The maximum absolute atomic E-state index is 12.1. The second kappa shape index (κ2) is 9.20. The molecule has 5 nitrogen and oxygen atoms in total. The normalized spacial score (nSPS) is 13.1. The van der Waals surface area contributed by atoms with Gasteiger partial charge in [-0.25, -0.2) is 0 Å². The molecule has 2 atom stereocenters. The second-order valence-electron chi connectivity index (χ2n) is 5.53. The molecule has 0 saturated heterocycles. The molecule has 6 heteroatoms. The van der Waals surface area contributed by atoms with Crippen molar-refractivity contribution in [2.75, 3.05) is 13.1 Å². The summed E-state index contributed by atoms with van der Waals surface area (Å²) in [6.07, 6.45) is 0. The SMILES string of the molecule is CCNC(=O)[C@H](C)NC(=O)C[NH2+][C@H](c1ccccc1)c1cccs1. The van der Waals surface area contributed by atoms with Gasteiger partial charge in [0.1, 0.15) is 12.1 Å². The Hall–Kier alpha value is -2.18. The largest absolute Gasteiger partial charge is 0.355 e. The minimum Gasteiger partial charge on any atom is -0.355 e. The van der Waals surface area contributed by atoms with Gasteiger partial charge in [0.25, 0.3) is 5.91 Å². The van der Waals surface area contributed by atoms with Crippen molar-refractivity contribution >= 4 is 23.2 Å². The van der Waals surface area contributed by atoms with Gasteiger partial charge in [0.15, 0.2) is 6.54 Å². The zero-order valence-electron chi connectivity index (χ0n) is 14.0. The van der Waals surface area contributed by atoms with Crippen molar-refractivity contribution in [2.24, 2.45) is 0 Å². The van der Waals surface area contributed by atoms with Gasteiger partial charge >= 0.3 is 0 Å². The van der Waals surface area contributed by atoms with E-state index in [0.717, 1.165) is 5.56 Å². The molecule has 0 aliphatic heterocycles. The third-order valence-electron chi connectivity index (χ3n) is 3.67. The lowest BCUT2D eigenvalue weighted by Gasteiger charge is -2.16. The van der Waals surface area contributed by atoms with Crippen LogP contribution in [0.1, 0.15) is 30.3 Å². The Balaban J connectivity index is 1.96. The van der Waals surface area contributed by atoms with Crippen molar-refractivity contribution in [1.29, 1.82) is 0 Å². The Bertz CT molecular complexity index is 644. The quantitative estimate of drug-likeness (QED) is 0.668. The number of carbonyl (C=O) groups excluding carboxylic acids is 2. The lowest BCUT2D eigenvalue weighted by atomic mass is 10.1. The van der Waals surface area contributed by atoms with Crippen molar-refractivity contribution < 1.29 is 14.9 Å². The number of nitrogens with two attached hydrogens (primary N) is 1. The van der Waals surface area contributed by atoms with Crippen LogP contribution in [0.5, 0.6) is 0 Å². The Morgan fingerprint density at radius 3 is 2.54 bits per heavy atom. The van der Waals surface area contributed by atoms with Crippen molar-refractivity contribution in [2.45, 2.75) is 25.9 Å². The van der Waals surface area contributed by atoms with Gasteiger partial charge in [0.05, 0.1) is 4.88 Å². The van der Waals surface area contributed by atoms with Gasteiger partial charge in [0, 0.05) is 12.1 Å². The molecule has 0 spiro atoms. The second-order valence-corrected chi connectivity index (χ2v) is 6.51. The van der Waals surface area contributed by atoms with E-state index < -0.39 is 6.04 Å². The first-order valence-electron chi connectivity index (χ1n) is 8.10. The molecule has 1 heterocycles. The van der Waals surface area contributed by atoms with E-state index in [1.54, 1.807) is 18.3 Å². The van der Waals surface area contributed by atoms with Crippen LogP contribution in [0.2, 0.25) is 0 Å². The molecule has 128 valence electrons. The van der Waals surface area contributed by atoms with Gasteiger partial charge in [0.2, 0.25) is 5.91 Å². The molecule has 0 aliphatic carbocycles. The Kier molecular flexibility index (Phi) is 6.96. The molecule has 0 radical (unpaired) electrons. The van der Waals surface area contributed by atoms with Crippen molar-refractivity contribution in [3.8, 4) is 0 Å². The maximum atomic E-state index is 12.1. The summed E-state index contributed by atoms with van der Waals surface area (Å²) in [5, 5.41) is 9.48. The van der Waals surface area contributed by atoms with Crippen LogP contribution in [0.25, 0.3) is 0 Å². The summed E-state index contributed by atoms with van der Waals surface area (Å²) >= 11 is 1.68. The third-order valence-corrected chi connectivity index (χ3v) is 4.62. The van der Waals surface area contributed by atoms with Crippen molar-refractivity contribution in [3.63, 3.8) is 0 Å². The van der Waals surface area contributed by atoms with Crippen LogP contribution in [0.4, 0.5) is 0 Å². The third kappa shape index (κ3) is 5.18. The van der Waals surface area contributed by atoms with E-state index in [2.05, 4.69) is 28.8 Å². The first kappa shape index (κ1) is 18.2. The molecule has 1 aromatic carbocycles. The number of hydrogen-bond acceptors (Lipinski definition) is 3. The fourth-order valence-corrected chi connectivity index (χ4v) is 3.31. The van der Waals surface area contributed by atoms with Gasteiger partial charge in [-0.15, -0.1) is 11.3 Å². The van der Waals surface area contributed by atoms with E-state index in [4.69, 9.17) is 0 Å². The molecule has 2 rings (SSSR count). The average molecular weight is 346 g/mol. The van der Waals surface area contributed by atoms with Crippen molar-refractivity contribution in [1.82, 2.24) is 10.6 Å². The lowest BCUT2D eigenvalue weighted by molar-refractivity contribution is -0.676. The summed E-state index contributed by atoms with van der Waals surface area (Å²) in [6.45, 7) is 4.36. The molecule has 2 amide bonds. The Morgan fingerprint density at radius 2 is 1.92 bits per heavy atom. The summed E-state index contributed by atoms with van der Waals surface area (Å²) in [6, 6.07) is 13.8. The van der Waals surface area contributed by atoms with Crippen LogP contribution in [-0.2, 0) is 9.59 Å². The molecule has 0 aliphatic rings. The molecular weight excluding hydrogens is 322 g/mol. The summed E-state index contributed by atoms with van der Waals surface area (Å²) in [4.78, 5) is 25.0. The number of likely N-dealkylation sites (N-methyl/N-ethyl adjacent to an activating group) is 1. The zero-order chi connectivity index (χ0) is 17.4. The van der Waals surface area contributed by atoms with Crippen LogP contribution in [-0.4, -0.2) is 30.9 Å². The standard InChI is InChI=1S/C18H23N3O2S/c1-3-19-18(23)13(2)21-16(22)12-20-17(15-10-7-11-24-15)14-8-5-4-6-9-14/h4-11,13,17,20H,3,12H2,1-2H3,(H,19,23)(H,21,22)/p+1/t13-,17+/m0/s1. The number of carbonyl (C=O) groups is 2. The van der Waals surface area contributed by atoms with Gasteiger partial charge in [-0.2, -0.15) is 0 Å². The van der Waals surface area contributed by atoms with Gasteiger partial charge in [-0.3, -0.25) is 9.59 Å². The van der Waals surface area contributed by atoms with E-state index in [9.17, 15) is 9.59 Å². The van der Waals surface area contributed by atoms with Gasteiger partial charge in [-0.05, 0) is 25.3 Å². The zero-order valence-corrected chi connectivity index (χ0v) is 14.8.